The minimum Gasteiger partial charge on any atom is -0.396 e. The molecule has 0 bridgehead atoms. The number of rotatable bonds is 7. The van der Waals surface area contributed by atoms with Crippen LogP contribution in [0.5, 0.6) is 0 Å². The lowest BCUT2D eigenvalue weighted by atomic mass is 10.0. The fraction of sp³-hybridized carbons (Fsp3) is 0.647. The smallest absolute Gasteiger partial charge is 0.123 e. The summed E-state index contributed by atoms with van der Waals surface area (Å²) in [7, 11) is 0. The van der Waals surface area contributed by atoms with Gasteiger partial charge in [-0.05, 0) is 50.2 Å². The monoisotopic (exact) mass is 309 g/mol. The summed E-state index contributed by atoms with van der Waals surface area (Å²) in [5.74, 6) is -0.193. The molecule has 0 aliphatic carbocycles. The van der Waals surface area contributed by atoms with Gasteiger partial charge in [-0.25, -0.2) is 4.39 Å². The number of anilines is 1. The quantitative estimate of drug-likeness (QED) is 0.756. The normalized spacial score (nSPS) is 17.7. The Bertz CT molecular complexity index is 461. The molecule has 0 saturated carbocycles. The molecule has 1 aliphatic heterocycles. The largest absolute Gasteiger partial charge is 0.396 e. The van der Waals surface area contributed by atoms with Crippen molar-refractivity contribution in [3.63, 3.8) is 0 Å². The molecule has 0 radical (unpaired) electrons. The number of nitrogens with one attached hydrogen (secondary N) is 1. The van der Waals surface area contributed by atoms with Crippen LogP contribution >= 0.6 is 0 Å². The van der Waals surface area contributed by atoms with Crippen molar-refractivity contribution in [3.8, 4) is 0 Å². The second-order valence-electron chi connectivity index (χ2n) is 5.88. The van der Waals surface area contributed by atoms with Crippen molar-refractivity contribution in [1.29, 1.82) is 0 Å². The van der Waals surface area contributed by atoms with Crippen LogP contribution in [-0.2, 0) is 0 Å². The predicted molar refractivity (Wildman–Crippen MR) is 88.8 cm³/mol. The molecular formula is C17H28FN3O. The highest BCUT2D eigenvalue weighted by Crippen LogP contribution is 2.28. The SMILES string of the molecule is CCN1CCN(c2ccc(F)cc2C(C)NCCCO)CC1. The molecule has 0 spiro atoms. The minimum absolute atomic E-state index is 0.0708. The molecule has 1 heterocycles. The molecule has 1 unspecified atom stereocenters. The first-order chi connectivity index (χ1) is 10.7. The Kier molecular flexibility index (Phi) is 6.61. The lowest BCUT2D eigenvalue weighted by molar-refractivity contribution is 0.270. The lowest BCUT2D eigenvalue weighted by Crippen LogP contribution is -2.46. The third kappa shape index (κ3) is 4.41. The number of benzene rings is 1. The van der Waals surface area contributed by atoms with E-state index in [4.69, 9.17) is 5.11 Å². The number of hydrogen-bond acceptors (Lipinski definition) is 4. The highest BCUT2D eigenvalue weighted by molar-refractivity contribution is 5.55. The summed E-state index contributed by atoms with van der Waals surface area (Å²) in [5.41, 5.74) is 2.13. The van der Waals surface area contributed by atoms with Gasteiger partial charge in [0.15, 0.2) is 0 Å². The van der Waals surface area contributed by atoms with Crippen molar-refractivity contribution < 1.29 is 9.50 Å². The summed E-state index contributed by atoms with van der Waals surface area (Å²) in [5, 5.41) is 12.3. The molecule has 5 heteroatoms. The second kappa shape index (κ2) is 8.46. The van der Waals surface area contributed by atoms with Crippen LogP contribution < -0.4 is 10.2 Å². The first-order valence-electron chi connectivity index (χ1n) is 8.26. The topological polar surface area (TPSA) is 38.7 Å². The van der Waals surface area contributed by atoms with Crippen molar-refractivity contribution in [3.05, 3.63) is 29.6 Å². The van der Waals surface area contributed by atoms with Gasteiger partial charge in [0.25, 0.3) is 0 Å². The van der Waals surface area contributed by atoms with Gasteiger partial charge in [-0.2, -0.15) is 0 Å². The first kappa shape index (κ1) is 17.2. The van der Waals surface area contributed by atoms with Gasteiger partial charge in [-0.15, -0.1) is 0 Å². The first-order valence-corrected chi connectivity index (χ1v) is 8.26. The van der Waals surface area contributed by atoms with Gasteiger partial charge in [0.05, 0.1) is 0 Å². The van der Waals surface area contributed by atoms with Crippen molar-refractivity contribution in [2.75, 3.05) is 50.8 Å². The average molecular weight is 309 g/mol. The summed E-state index contributed by atoms with van der Waals surface area (Å²) in [6.07, 6.45) is 0.712. The van der Waals surface area contributed by atoms with Crippen LogP contribution in [0.25, 0.3) is 0 Å². The standard InChI is InChI=1S/C17H28FN3O/c1-3-20-8-10-21(11-9-20)17-6-5-15(18)13-16(17)14(2)19-7-4-12-22/h5-6,13-14,19,22H,3-4,7-12H2,1-2H3. The van der Waals surface area contributed by atoms with Gasteiger partial charge < -0.3 is 20.2 Å². The third-order valence-electron chi connectivity index (χ3n) is 4.40. The van der Waals surface area contributed by atoms with Crippen molar-refractivity contribution >= 4 is 5.69 Å². The zero-order valence-electron chi connectivity index (χ0n) is 13.7. The van der Waals surface area contributed by atoms with E-state index in [0.29, 0.717) is 6.42 Å². The van der Waals surface area contributed by atoms with Gasteiger partial charge in [0, 0.05) is 44.5 Å². The van der Waals surface area contributed by atoms with E-state index in [1.807, 2.05) is 6.07 Å². The maximum Gasteiger partial charge on any atom is 0.123 e. The molecule has 1 aromatic rings. The van der Waals surface area contributed by atoms with Crippen LogP contribution in [-0.4, -0.2) is 55.9 Å². The van der Waals surface area contributed by atoms with Gasteiger partial charge in [-0.3, -0.25) is 0 Å². The van der Waals surface area contributed by atoms with E-state index in [0.717, 1.165) is 50.5 Å². The van der Waals surface area contributed by atoms with E-state index in [-0.39, 0.29) is 18.5 Å². The molecular weight excluding hydrogens is 281 g/mol. The Morgan fingerprint density at radius 2 is 2.00 bits per heavy atom. The Morgan fingerprint density at radius 3 is 2.64 bits per heavy atom. The predicted octanol–water partition coefficient (Wildman–Crippen LogP) is 2.00. The highest BCUT2D eigenvalue weighted by atomic mass is 19.1. The van der Waals surface area contributed by atoms with Gasteiger partial charge in [0.2, 0.25) is 0 Å². The molecule has 2 rings (SSSR count). The Hall–Kier alpha value is -1.17. The zero-order valence-corrected chi connectivity index (χ0v) is 13.7. The summed E-state index contributed by atoms with van der Waals surface area (Å²) in [4.78, 5) is 4.79. The summed E-state index contributed by atoms with van der Waals surface area (Å²) in [6.45, 7) is 10.3. The number of aliphatic hydroxyl groups excluding tert-OH is 1. The molecule has 1 fully saturated rings. The Labute approximate surface area is 132 Å². The van der Waals surface area contributed by atoms with E-state index in [1.54, 1.807) is 12.1 Å². The third-order valence-corrected chi connectivity index (χ3v) is 4.40. The molecule has 0 amide bonds. The van der Waals surface area contributed by atoms with Crippen LogP contribution in [0.1, 0.15) is 31.9 Å². The summed E-state index contributed by atoms with van der Waals surface area (Å²) in [6, 6.07) is 5.15. The van der Waals surface area contributed by atoms with Crippen LogP contribution in [0.3, 0.4) is 0 Å². The van der Waals surface area contributed by atoms with Crippen molar-refractivity contribution in [1.82, 2.24) is 10.2 Å². The van der Waals surface area contributed by atoms with E-state index < -0.39 is 0 Å². The van der Waals surface area contributed by atoms with Crippen LogP contribution in [0, 0.1) is 5.82 Å². The van der Waals surface area contributed by atoms with Crippen molar-refractivity contribution in [2.45, 2.75) is 26.3 Å². The number of hydrogen-bond donors (Lipinski definition) is 2. The zero-order chi connectivity index (χ0) is 15.9. The number of piperazine rings is 1. The molecule has 1 aromatic carbocycles. The number of aliphatic hydroxyl groups is 1. The maximum atomic E-state index is 13.7. The fourth-order valence-corrected chi connectivity index (χ4v) is 2.97. The van der Waals surface area contributed by atoms with Crippen molar-refractivity contribution in [2.24, 2.45) is 0 Å². The van der Waals surface area contributed by atoms with Gasteiger partial charge in [-0.1, -0.05) is 6.92 Å². The molecule has 2 N–H and O–H groups in total. The molecule has 1 saturated heterocycles. The molecule has 1 aliphatic rings. The molecule has 0 aromatic heterocycles. The van der Waals surface area contributed by atoms with Crippen LogP contribution in [0.2, 0.25) is 0 Å². The van der Waals surface area contributed by atoms with E-state index in [9.17, 15) is 4.39 Å². The molecule has 4 nitrogen and oxygen atoms in total. The van der Waals surface area contributed by atoms with Gasteiger partial charge in [0.1, 0.15) is 5.82 Å². The second-order valence-corrected chi connectivity index (χ2v) is 5.88. The molecule has 22 heavy (non-hydrogen) atoms. The summed E-state index contributed by atoms with van der Waals surface area (Å²) < 4.78 is 13.7. The van der Waals surface area contributed by atoms with Crippen LogP contribution in [0.4, 0.5) is 10.1 Å². The van der Waals surface area contributed by atoms with Crippen LogP contribution in [0.15, 0.2) is 18.2 Å². The molecule has 124 valence electrons. The molecule has 1 atom stereocenters. The number of halogens is 1. The minimum atomic E-state index is -0.193. The number of nitrogens with zero attached hydrogens (tertiary/aromatic N) is 2. The Balaban J connectivity index is 2.10. The van der Waals surface area contributed by atoms with E-state index in [2.05, 4.69) is 29.0 Å². The Morgan fingerprint density at radius 1 is 1.27 bits per heavy atom. The lowest BCUT2D eigenvalue weighted by Gasteiger charge is -2.37. The van der Waals surface area contributed by atoms with E-state index >= 15 is 0 Å². The maximum absolute atomic E-state index is 13.7. The van der Waals surface area contributed by atoms with Gasteiger partial charge >= 0.3 is 0 Å². The van der Waals surface area contributed by atoms with E-state index in [1.165, 1.54) is 0 Å². The summed E-state index contributed by atoms with van der Waals surface area (Å²) >= 11 is 0. The fourth-order valence-electron chi connectivity index (χ4n) is 2.97. The highest BCUT2D eigenvalue weighted by Gasteiger charge is 2.20. The number of likely N-dealkylation sites (N-methyl/N-ethyl adjacent to an activating group) is 1. The average Bonchev–Trinajstić information content (AvgIpc) is 2.55.